The van der Waals surface area contributed by atoms with E-state index in [1.54, 1.807) is 17.1 Å². The molecule has 0 unspecified atom stereocenters. The molecule has 112 valence electrons. The number of nitrogens with zero attached hydrogens (tertiary/aromatic N) is 1. The Labute approximate surface area is 118 Å². The third-order valence-corrected chi connectivity index (χ3v) is 4.43. The maximum atomic E-state index is 12.4. The van der Waals surface area contributed by atoms with Crippen LogP contribution in [0.1, 0.15) is 5.56 Å². The third kappa shape index (κ3) is 3.47. The highest BCUT2D eigenvalue weighted by Crippen LogP contribution is 2.25. The first kappa shape index (κ1) is 15.2. The normalized spacial score (nSPS) is 17.1. The van der Waals surface area contributed by atoms with E-state index in [1.165, 1.54) is 13.2 Å². The minimum Gasteiger partial charge on any atom is -0.495 e. The van der Waals surface area contributed by atoms with E-state index in [0.29, 0.717) is 32.8 Å². The molecule has 0 atom stereocenters. The maximum absolute atomic E-state index is 12.4. The molecule has 0 amide bonds. The van der Waals surface area contributed by atoms with E-state index in [2.05, 4.69) is 4.83 Å². The van der Waals surface area contributed by atoms with Gasteiger partial charge >= 0.3 is 0 Å². The summed E-state index contributed by atoms with van der Waals surface area (Å²) in [7, 11) is -2.24. The number of methoxy groups -OCH3 is 1. The molecule has 0 saturated carbocycles. The largest absolute Gasteiger partial charge is 0.495 e. The summed E-state index contributed by atoms with van der Waals surface area (Å²) in [6.45, 7) is 2.37. The van der Waals surface area contributed by atoms with Crippen LogP contribution in [0.15, 0.2) is 23.1 Å². The van der Waals surface area contributed by atoms with Crippen molar-refractivity contribution in [1.82, 2.24) is 9.84 Å². The minimum absolute atomic E-state index is 0.101. The number of hydrazine groups is 1. The van der Waals surface area contributed by atoms with Crippen molar-refractivity contribution in [2.75, 3.05) is 33.4 Å². The van der Waals surface area contributed by atoms with Crippen LogP contribution >= 0.6 is 0 Å². The van der Waals surface area contributed by atoms with Crippen LogP contribution < -0.4 is 15.3 Å². The molecule has 1 fully saturated rings. The second-order valence-electron chi connectivity index (χ2n) is 4.38. The summed E-state index contributed by atoms with van der Waals surface area (Å²) in [5.74, 6) is 0.286. The van der Waals surface area contributed by atoms with Crippen LogP contribution in [-0.2, 0) is 21.3 Å². The monoisotopic (exact) mass is 301 g/mol. The molecule has 20 heavy (non-hydrogen) atoms. The average molecular weight is 301 g/mol. The Kier molecular flexibility index (Phi) is 4.95. The molecule has 3 N–H and O–H groups in total. The van der Waals surface area contributed by atoms with E-state index in [0.717, 1.165) is 5.56 Å². The summed E-state index contributed by atoms with van der Waals surface area (Å²) >= 11 is 0. The Morgan fingerprint density at radius 2 is 2.10 bits per heavy atom. The quantitative estimate of drug-likeness (QED) is 0.774. The van der Waals surface area contributed by atoms with Crippen LogP contribution in [0, 0.1) is 0 Å². The molecule has 1 aliphatic rings. The number of sulfonamides is 1. The van der Waals surface area contributed by atoms with E-state index in [4.69, 9.17) is 15.2 Å². The number of nitrogens with two attached hydrogens (primary N) is 1. The molecule has 1 heterocycles. The van der Waals surface area contributed by atoms with Gasteiger partial charge in [0.2, 0.25) is 0 Å². The highest BCUT2D eigenvalue weighted by Gasteiger charge is 2.23. The molecular formula is C12H19N3O4S. The van der Waals surface area contributed by atoms with Gasteiger partial charge in [-0.15, -0.1) is 4.83 Å². The fraction of sp³-hybridized carbons (Fsp3) is 0.500. The Bertz CT molecular complexity index is 556. The van der Waals surface area contributed by atoms with Gasteiger partial charge in [0.1, 0.15) is 10.6 Å². The van der Waals surface area contributed by atoms with E-state index < -0.39 is 10.0 Å². The SMILES string of the molecule is COc1cc(CN)ccc1S(=O)(=O)NN1CCOCC1. The van der Waals surface area contributed by atoms with Crippen LogP contribution in [0.25, 0.3) is 0 Å². The number of benzene rings is 1. The minimum atomic E-state index is -3.67. The molecular weight excluding hydrogens is 282 g/mol. The Morgan fingerprint density at radius 3 is 2.70 bits per heavy atom. The zero-order valence-corrected chi connectivity index (χ0v) is 12.1. The van der Waals surface area contributed by atoms with Gasteiger partial charge in [0, 0.05) is 19.6 Å². The lowest BCUT2D eigenvalue weighted by Gasteiger charge is -2.27. The Balaban J connectivity index is 2.24. The zero-order valence-electron chi connectivity index (χ0n) is 11.3. The topological polar surface area (TPSA) is 93.9 Å². The number of morpholine rings is 1. The van der Waals surface area contributed by atoms with E-state index in [9.17, 15) is 8.42 Å². The van der Waals surface area contributed by atoms with Gasteiger partial charge in [-0.05, 0) is 17.7 Å². The standard InChI is InChI=1S/C12H19N3O4S/c1-18-11-8-10(9-13)2-3-12(11)20(16,17)14-15-4-6-19-7-5-15/h2-3,8,14H,4-7,9,13H2,1H3. The summed E-state index contributed by atoms with van der Waals surface area (Å²) in [5, 5.41) is 1.62. The van der Waals surface area contributed by atoms with Crippen LogP contribution in [0.5, 0.6) is 5.75 Å². The first-order chi connectivity index (χ1) is 9.56. The van der Waals surface area contributed by atoms with Gasteiger partial charge in [0.25, 0.3) is 10.0 Å². The molecule has 0 spiro atoms. The van der Waals surface area contributed by atoms with E-state index >= 15 is 0 Å². The number of hydrogen-bond donors (Lipinski definition) is 2. The van der Waals surface area contributed by atoms with Crippen molar-refractivity contribution in [2.24, 2.45) is 5.73 Å². The zero-order chi connectivity index (χ0) is 14.6. The van der Waals surface area contributed by atoms with Crippen molar-refractivity contribution in [3.63, 3.8) is 0 Å². The van der Waals surface area contributed by atoms with Crippen molar-refractivity contribution < 1.29 is 17.9 Å². The van der Waals surface area contributed by atoms with E-state index in [-0.39, 0.29) is 10.6 Å². The summed E-state index contributed by atoms with van der Waals surface area (Å²) in [6, 6.07) is 4.81. The average Bonchev–Trinajstić information content (AvgIpc) is 2.47. The van der Waals surface area contributed by atoms with Crippen molar-refractivity contribution in [3.8, 4) is 5.75 Å². The van der Waals surface area contributed by atoms with E-state index in [1.807, 2.05) is 0 Å². The molecule has 7 nitrogen and oxygen atoms in total. The van der Waals surface area contributed by atoms with Gasteiger partial charge in [-0.3, -0.25) is 0 Å². The number of nitrogens with one attached hydrogen (secondary N) is 1. The van der Waals surface area contributed by atoms with Crippen LogP contribution in [0.2, 0.25) is 0 Å². The Hall–Kier alpha value is -1.19. The summed E-state index contributed by atoms with van der Waals surface area (Å²) in [4.78, 5) is 2.64. The predicted octanol–water partition coefficient (Wildman–Crippen LogP) is -0.321. The molecule has 1 aromatic carbocycles. The van der Waals surface area contributed by atoms with Gasteiger partial charge in [0.15, 0.2) is 0 Å². The number of ether oxygens (including phenoxy) is 2. The molecule has 0 bridgehead atoms. The van der Waals surface area contributed by atoms with Gasteiger partial charge in [-0.2, -0.15) is 0 Å². The molecule has 1 saturated heterocycles. The molecule has 2 rings (SSSR count). The molecule has 0 aromatic heterocycles. The van der Waals surface area contributed by atoms with Crippen molar-refractivity contribution >= 4 is 10.0 Å². The van der Waals surface area contributed by atoms with Gasteiger partial charge < -0.3 is 15.2 Å². The fourth-order valence-corrected chi connectivity index (χ4v) is 3.21. The maximum Gasteiger partial charge on any atom is 0.257 e. The first-order valence-corrected chi connectivity index (χ1v) is 7.77. The lowest BCUT2D eigenvalue weighted by Crippen LogP contribution is -2.48. The Morgan fingerprint density at radius 1 is 1.40 bits per heavy atom. The lowest BCUT2D eigenvalue weighted by molar-refractivity contribution is 0.0272. The molecule has 1 aliphatic heterocycles. The highest BCUT2D eigenvalue weighted by atomic mass is 32.2. The smallest absolute Gasteiger partial charge is 0.257 e. The van der Waals surface area contributed by atoms with Crippen LogP contribution in [0.4, 0.5) is 0 Å². The van der Waals surface area contributed by atoms with Gasteiger partial charge in [-0.25, -0.2) is 13.4 Å². The van der Waals surface area contributed by atoms with Crippen LogP contribution in [0.3, 0.4) is 0 Å². The predicted molar refractivity (Wildman–Crippen MR) is 73.6 cm³/mol. The number of hydrogen-bond acceptors (Lipinski definition) is 6. The summed E-state index contributed by atoms with van der Waals surface area (Å²) in [5.41, 5.74) is 6.35. The molecule has 0 radical (unpaired) electrons. The highest BCUT2D eigenvalue weighted by molar-refractivity contribution is 7.89. The van der Waals surface area contributed by atoms with Crippen molar-refractivity contribution in [1.29, 1.82) is 0 Å². The second-order valence-corrected chi connectivity index (χ2v) is 6.01. The first-order valence-electron chi connectivity index (χ1n) is 6.29. The molecule has 8 heteroatoms. The fourth-order valence-electron chi connectivity index (χ4n) is 1.93. The van der Waals surface area contributed by atoms with Crippen LogP contribution in [-0.4, -0.2) is 46.8 Å². The van der Waals surface area contributed by atoms with Crippen molar-refractivity contribution in [3.05, 3.63) is 23.8 Å². The van der Waals surface area contributed by atoms with Gasteiger partial charge in [0.05, 0.1) is 20.3 Å². The second kappa shape index (κ2) is 6.51. The van der Waals surface area contributed by atoms with Crippen molar-refractivity contribution in [2.45, 2.75) is 11.4 Å². The molecule has 0 aliphatic carbocycles. The summed E-state index contributed by atoms with van der Waals surface area (Å²) < 4.78 is 35.1. The lowest BCUT2D eigenvalue weighted by atomic mass is 10.2. The van der Waals surface area contributed by atoms with Gasteiger partial charge in [-0.1, -0.05) is 6.07 Å². The summed E-state index contributed by atoms with van der Waals surface area (Å²) in [6.07, 6.45) is 0. The molecule has 1 aromatic rings. The number of rotatable bonds is 5. The third-order valence-electron chi connectivity index (χ3n) is 3.01.